The molecule has 6 nitrogen and oxygen atoms in total. The normalized spacial score (nSPS) is 11.7. The van der Waals surface area contributed by atoms with Crippen LogP contribution in [0.3, 0.4) is 0 Å². The molecule has 0 aliphatic rings. The summed E-state index contributed by atoms with van der Waals surface area (Å²) in [6.45, 7) is 0.413. The number of halogens is 1. The number of sulfonamides is 1. The summed E-state index contributed by atoms with van der Waals surface area (Å²) < 4.78 is 32.5. The van der Waals surface area contributed by atoms with Crippen molar-refractivity contribution in [2.24, 2.45) is 0 Å². The first-order chi connectivity index (χ1) is 15.3. The van der Waals surface area contributed by atoms with Gasteiger partial charge in [-0.3, -0.25) is 9.52 Å². The number of nitrogens with zero attached hydrogens (tertiary/aromatic N) is 1. The molecule has 8 heteroatoms. The van der Waals surface area contributed by atoms with E-state index >= 15 is 0 Å². The molecule has 0 bridgehead atoms. The lowest BCUT2D eigenvalue weighted by Gasteiger charge is -2.09. The van der Waals surface area contributed by atoms with Gasteiger partial charge in [-0.15, -0.1) is 0 Å². The van der Waals surface area contributed by atoms with Gasteiger partial charge in [-0.25, -0.2) is 8.42 Å². The number of nitrogens with one attached hydrogen (secondary N) is 1. The number of hydrogen-bond donors (Lipinski definition) is 1. The van der Waals surface area contributed by atoms with Crippen LogP contribution < -0.4 is 9.46 Å². The zero-order valence-electron chi connectivity index (χ0n) is 17.5. The highest BCUT2D eigenvalue weighted by Gasteiger charge is 2.15. The van der Waals surface area contributed by atoms with E-state index in [1.807, 2.05) is 53.4 Å². The summed E-state index contributed by atoms with van der Waals surface area (Å²) in [6, 6.07) is 19.6. The van der Waals surface area contributed by atoms with E-state index in [9.17, 15) is 13.2 Å². The van der Waals surface area contributed by atoms with E-state index in [4.69, 9.17) is 16.3 Å². The van der Waals surface area contributed by atoms with E-state index < -0.39 is 15.9 Å². The number of carbonyl (C=O) groups is 1. The van der Waals surface area contributed by atoms with Crippen molar-refractivity contribution in [2.45, 2.75) is 19.4 Å². The van der Waals surface area contributed by atoms with E-state index in [1.54, 1.807) is 10.6 Å². The van der Waals surface area contributed by atoms with Crippen molar-refractivity contribution >= 4 is 49.2 Å². The number of carbonyl (C=O) groups excluding carboxylic acids is 1. The molecule has 0 aliphatic carbocycles. The maximum absolute atomic E-state index is 12.1. The van der Waals surface area contributed by atoms with Gasteiger partial charge in [0, 0.05) is 17.0 Å². The van der Waals surface area contributed by atoms with E-state index in [1.165, 1.54) is 0 Å². The Labute approximate surface area is 191 Å². The van der Waals surface area contributed by atoms with E-state index in [-0.39, 0.29) is 6.54 Å². The molecular formula is C24H23ClN2O4S. The fraction of sp³-hybridized carbons (Fsp3) is 0.208. The smallest absolute Gasteiger partial charge is 0.253 e. The molecule has 0 fully saturated rings. The van der Waals surface area contributed by atoms with Gasteiger partial charge in [0.1, 0.15) is 12.3 Å². The Hall–Kier alpha value is -3.03. The summed E-state index contributed by atoms with van der Waals surface area (Å²) in [5, 5.41) is 3.67. The molecule has 0 unspecified atom stereocenters. The Bertz CT molecular complexity index is 1390. The van der Waals surface area contributed by atoms with E-state index in [2.05, 4.69) is 12.1 Å². The van der Waals surface area contributed by atoms with Crippen LogP contribution in [-0.2, 0) is 27.8 Å². The number of ether oxygens (including phenoxy) is 1. The third-order valence-corrected chi connectivity index (χ3v) is 6.06. The number of benzene rings is 3. The Morgan fingerprint density at radius 3 is 2.62 bits per heavy atom. The minimum Gasteiger partial charge on any atom is -0.493 e. The Morgan fingerprint density at radius 2 is 1.81 bits per heavy atom. The van der Waals surface area contributed by atoms with Gasteiger partial charge >= 0.3 is 0 Å². The summed E-state index contributed by atoms with van der Waals surface area (Å²) in [5.74, 6) is 0.247. The molecule has 1 aromatic heterocycles. The lowest BCUT2D eigenvalue weighted by Crippen LogP contribution is -2.32. The number of fused-ring (bicyclic) bond motifs is 2. The van der Waals surface area contributed by atoms with Gasteiger partial charge in [0.05, 0.1) is 23.4 Å². The van der Waals surface area contributed by atoms with Gasteiger partial charge in [-0.2, -0.15) is 0 Å². The second-order valence-corrected chi connectivity index (χ2v) is 9.80. The summed E-state index contributed by atoms with van der Waals surface area (Å²) in [4.78, 5) is 12.1. The molecule has 3 aromatic carbocycles. The molecule has 4 aromatic rings. The Morgan fingerprint density at radius 1 is 1.06 bits per heavy atom. The number of aromatic nitrogens is 1. The standard InChI is InChI=1S/C24H23ClN2O4S/c1-32(29,30)26-23(28)16-27-15-18(24-20(25)11-5-12-21(24)27)9-6-14-31-22-13-4-8-17-7-2-3-10-19(17)22/h2-5,7-8,10-13,15H,6,9,14,16H2,1H3,(H,26,28). The van der Waals surface area contributed by atoms with Gasteiger partial charge < -0.3 is 9.30 Å². The first kappa shape index (κ1) is 22.2. The van der Waals surface area contributed by atoms with Crippen molar-refractivity contribution < 1.29 is 17.9 Å². The molecule has 0 spiro atoms. The molecule has 166 valence electrons. The lowest BCUT2D eigenvalue weighted by molar-refractivity contribution is -0.119. The van der Waals surface area contributed by atoms with Crippen LogP contribution in [0.5, 0.6) is 5.75 Å². The SMILES string of the molecule is CS(=O)(=O)NC(=O)Cn1cc(CCCOc2cccc3ccccc23)c2c(Cl)cccc21. The van der Waals surface area contributed by atoms with Gasteiger partial charge in [0.25, 0.3) is 5.91 Å². The quantitative estimate of drug-likeness (QED) is 0.384. The molecule has 0 saturated carbocycles. The number of amides is 1. The first-order valence-electron chi connectivity index (χ1n) is 10.2. The van der Waals surface area contributed by atoms with Crippen LogP contribution in [0.1, 0.15) is 12.0 Å². The highest BCUT2D eigenvalue weighted by Crippen LogP contribution is 2.30. The van der Waals surface area contributed by atoms with Crippen LogP contribution in [0.4, 0.5) is 0 Å². The van der Waals surface area contributed by atoms with Crippen molar-refractivity contribution in [1.29, 1.82) is 0 Å². The molecule has 0 aliphatic heterocycles. The van der Waals surface area contributed by atoms with Crippen molar-refractivity contribution in [3.63, 3.8) is 0 Å². The lowest BCUT2D eigenvalue weighted by atomic mass is 10.1. The van der Waals surface area contributed by atoms with Gasteiger partial charge in [0.2, 0.25) is 10.0 Å². The first-order valence-corrected chi connectivity index (χ1v) is 12.5. The van der Waals surface area contributed by atoms with Crippen LogP contribution in [0.2, 0.25) is 5.02 Å². The molecule has 0 radical (unpaired) electrons. The zero-order chi connectivity index (χ0) is 22.7. The zero-order valence-corrected chi connectivity index (χ0v) is 19.1. The maximum Gasteiger partial charge on any atom is 0.253 e. The van der Waals surface area contributed by atoms with Gasteiger partial charge in [-0.05, 0) is 42.0 Å². The Kier molecular flexibility index (Phi) is 6.39. The average Bonchev–Trinajstić information content (AvgIpc) is 3.08. The van der Waals surface area contributed by atoms with Crippen molar-refractivity contribution in [1.82, 2.24) is 9.29 Å². The summed E-state index contributed by atoms with van der Waals surface area (Å²) in [7, 11) is -3.61. The largest absolute Gasteiger partial charge is 0.493 e. The topological polar surface area (TPSA) is 77.4 Å². The molecule has 0 saturated heterocycles. The highest BCUT2D eigenvalue weighted by atomic mass is 35.5. The molecule has 4 rings (SSSR count). The highest BCUT2D eigenvalue weighted by molar-refractivity contribution is 7.89. The van der Waals surface area contributed by atoms with Crippen molar-refractivity contribution in [3.8, 4) is 5.75 Å². The average molecular weight is 471 g/mol. The summed E-state index contributed by atoms with van der Waals surface area (Å²) in [6.07, 6.45) is 4.27. The summed E-state index contributed by atoms with van der Waals surface area (Å²) >= 11 is 6.45. The van der Waals surface area contributed by atoms with Crippen LogP contribution in [-0.4, -0.2) is 31.8 Å². The number of aryl methyl sites for hydroxylation is 1. The molecule has 1 heterocycles. The minimum absolute atomic E-state index is 0.115. The third-order valence-electron chi connectivity index (χ3n) is 5.14. The maximum atomic E-state index is 12.1. The van der Waals surface area contributed by atoms with E-state index in [0.717, 1.165) is 45.7 Å². The van der Waals surface area contributed by atoms with Crippen molar-refractivity contribution in [2.75, 3.05) is 12.9 Å². The van der Waals surface area contributed by atoms with Crippen LogP contribution >= 0.6 is 11.6 Å². The number of hydrogen-bond acceptors (Lipinski definition) is 4. The fourth-order valence-electron chi connectivity index (χ4n) is 3.87. The molecular weight excluding hydrogens is 448 g/mol. The second-order valence-electron chi connectivity index (χ2n) is 7.64. The molecule has 0 atom stereocenters. The molecule has 32 heavy (non-hydrogen) atoms. The van der Waals surface area contributed by atoms with E-state index in [0.29, 0.717) is 18.1 Å². The summed E-state index contributed by atoms with van der Waals surface area (Å²) in [5.41, 5.74) is 1.77. The predicted octanol–water partition coefficient (Wildman–Crippen LogP) is 4.54. The third kappa shape index (κ3) is 5.06. The predicted molar refractivity (Wildman–Crippen MR) is 128 cm³/mol. The van der Waals surface area contributed by atoms with Gasteiger partial charge in [0.15, 0.2) is 0 Å². The molecule has 1 amide bonds. The van der Waals surface area contributed by atoms with Crippen molar-refractivity contribution in [3.05, 3.63) is 77.4 Å². The van der Waals surface area contributed by atoms with Crippen LogP contribution in [0.25, 0.3) is 21.7 Å². The van der Waals surface area contributed by atoms with Crippen LogP contribution in [0, 0.1) is 0 Å². The Balaban J connectivity index is 1.48. The van der Waals surface area contributed by atoms with Crippen LogP contribution in [0.15, 0.2) is 66.9 Å². The monoisotopic (exact) mass is 470 g/mol. The second kappa shape index (κ2) is 9.22. The fourth-order valence-corrected chi connectivity index (χ4v) is 4.64. The molecule has 1 N–H and O–H groups in total. The minimum atomic E-state index is -3.61. The number of rotatable bonds is 8. The van der Waals surface area contributed by atoms with Gasteiger partial charge in [-0.1, -0.05) is 54.1 Å².